The minimum atomic E-state index is -0.205. The van der Waals surface area contributed by atoms with Gasteiger partial charge in [-0.15, -0.1) is 0 Å². The Morgan fingerprint density at radius 1 is 1.03 bits per heavy atom. The second-order valence-corrected chi connectivity index (χ2v) is 7.44. The smallest absolute Gasteiger partial charge is 0.258 e. The van der Waals surface area contributed by atoms with Crippen LogP contribution >= 0.6 is 11.6 Å². The summed E-state index contributed by atoms with van der Waals surface area (Å²) >= 11 is 6.11. The second-order valence-electron chi connectivity index (χ2n) is 7.00. The Labute approximate surface area is 175 Å². The molecule has 1 aromatic heterocycles. The fraction of sp³-hybridized carbons (Fsp3) is 0.261. The fourth-order valence-corrected chi connectivity index (χ4v) is 4.05. The Morgan fingerprint density at radius 3 is 2.55 bits per heavy atom. The first-order valence-electron chi connectivity index (χ1n) is 9.56. The molecule has 1 atom stereocenters. The van der Waals surface area contributed by atoms with Crippen LogP contribution in [0, 0.1) is 0 Å². The summed E-state index contributed by atoms with van der Waals surface area (Å²) in [6.07, 6.45) is 2.94. The van der Waals surface area contributed by atoms with Crippen LogP contribution in [0.3, 0.4) is 0 Å². The average Bonchev–Trinajstić information content (AvgIpc) is 3.13. The van der Waals surface area contributed by atoms with E-state index in [-0.39, 0.29) is 11.9 Å². The minimum absolute atomic E-state index is 0.0703. The number of aromatic nitrogens is 1. The Hall–Kier alpha value is -2.92. The van der Waals surface area contributed by atoms with Gasteiger partial charge in [-0.3, -0.25) is 4.79 Å². The third-order valence-corrected chi connectivity index (χ3v) is 5.59. The standard InChI is InChI=1S/C23H23ClN2O3/c1-28-18-10-11-19(21(15-18)29-2)23(27)26-14-4-13-25-12-3-5-20(25)22(26)16-6-8-17(24)9-7-16/h3,5-12,15,22H,4,13-14H2,1-2H3. The summed E-state index contributed by atoms with van der Waals surface area (Å²) < 4.78 is 13.0. The predicted molar refractivity (Wildman–Crippen MR) is 113 cm³/mol. The molecule has 2 aromatic carbocycles. The molecule has 0 fully saturated rings. The van der Waals surface area contributed by atoms with Gasteiger partial charge in [-0.2, -0.15) is 0 Å². The van der Waals surface area contributed by atoms with Crippen LogP contribution in [-0.2, 0) is 6.54 Å². The zero-order valence-electron chi connectivity index (χ0n) is 16.5. The van der Waals surface area contributed by atoms with Crippen molar-refractivity contribution in [3.8, 4) is 11.5 Å². The van der Waals surface area contributed by atoms with Crippen molar-refractivity contribution in [1.82, 2.24) is 9.47 Å². The highest BCUT2D eigenvalue weighted by atomic mass is 35.5. The largest absolute Gasteiger partial charge is 0.497 e. The summed E-state index contributed by atoms with van der Waals surface area (Å²) in [5, 5.41) is 0.674. The Balaban J connectivity index is 1.80. The van der Waals surface area contributed by atoms with E-state index in [1.54, 1.807) is 32.4 Å². The first-order chi connectivity index (χ1) is 14.1. The van der Waals surface area contributed by atoms with Crippen LogP contribution in [0.4, 0.5) is 0 Å². The molecule has 29 heavy (non-hydrogen) atoms. The summed E-state index contributed by atoms with van der Waals surface area (Å²) in [5.74, 6) is 1.08. The monoisotopic (exact) mass is 410 g/mol. The number of halogens is 1. The van der Waals surface area contributed by atoms with Crippen LogP contribution in [0.2, 0.25) is 5.02 Å². The van der Waals surface area contributed by atoms with Crippen LogP contribution in [0.1, 0.15) is 34.1 Å². The Morgan fingerprint density at radius 2 is 1.83 bits per heavy atom. The van der Waals surface area contributed by atoms with Crippen LogP contribution in [-0.4, -0.2) is 36.1 Å². The molecule has 0 saturated heterocycles. The Kier molecular flexibility index (Phi) is 5.49. The molecule has 3 aromatic rings. The number of hydrogen-bond donors (Lipinski definition) is 0. The summed E-state index contributed by atoms with van der Waals surface area (Å²) in [5.41, 5.74) is 2.63. The molecule has 0 radical (unpaired) electrons. The molecule has 0 bridgehead atoms. The number of methoxy groups -OCH3 is 2. The van der Waals surface area contributed by atoms with Gasteiger partial charge in [0.25, 0.3) is 5.91 Å². The van der Waals surface area contributed by atoms with Crippen molar-refractivity contribution in [2.75, 3.05) is 20.8 Å². The van der Waals surface area contributed by atoms with Gasteiger partial charge in [0.2, 0.25) is 0 Å². The molecule has 1 aliphatic rings. The van der Waals surface area contributed by atoms with E-state index in [0.29, 0.717) is 28.6 Å². The number of rotatable bonds is 4. The first-order valence-corrected chi connectivity index (χ1v) is 9.93. The third kappa shape index (κ3) is 3.70. The van der Waals surface area contributed by atoms with Crippen LogP contribution < -0.4 is 9.47 Å². The zero-order valence-corrected chi connectivity index (χ0v) is 17.2. The molecule has 4 rings (SSSR count). The molecule has 0 spiro atoms. The average molecular weight is 411 g/mol. The van der Waals surface area contributed by atoms with Crippen molar-refractivity contribution >= 4 is 17.5 Å². The molecule has 1 aliphatic heterocycles. The zero-order chi connectivity index (χ0) is 20.4. The maximum Gasteiger partial charge on any atom is 0.258 e. The summed E-state index contributed by atoms with van der Waals surface area (Å²) in [6, 6.07) is 16.9. The van der Waals surface area contributed by atoms with E-state index in [2.05, 4.69) is 16.8 Å². The third-order valence-electron chi connectivity index (χ3n) is 5.34. The summed E-state index contributed by atoms with van der Waals surface area (Å²) in [6.45, 7) is 1.51. The number of fused-ring (bicyclic) bond motifs is 1. The molecule has 0 N–H and O–H groups in total. The van der Waals surface area contributed by atoms with Gasteiger partial charge in [-0.05, 0) is 48.4 Å². The van der Waals surface area contributed by atoms with Crippen LogP contribution in [0.5, 0.6) is 11.5 Å². The van der Waals surface area contributed by atoms with E-state index in [1.807, 2.05) is 35.2 Å². The summed E-state index contributed by atoms with van der Waals surface area (Å²) in [4.78, 5) is 15.6. The van der Waals surface area contributed by atoms with E-state index < -0.39 is 0 Å². The van der Waals surface area contributed by atoms with Crippen molar-refractivity contribution < 1.29 is 14.3 Å². The number of hydrogen-bond acceptors (Lipinski definition) is 3. The van der Waals surface area contributed by atoms with Gasteiger partial charge in [0.05, 0.1) is 25.8 Å². The van der Waals surface area contributed by atoms with Gasteiger partial charge in [0.15, 0.2) is 0 Å². The minimum Gasteiger partial charge on any atom is -0.497 e. The molecule has 150 valence electrons. The number of nitrogens with zero attached hydrogens (tertiary/aromatic N) is 2. The van der Waals surface area contributed by atoms with Crippen molar-refractivity contribution in [1.29, 1.82) is 0 Å². The lowest BCUT2D eigenvalue weighted by atomic mass is 10.0. The lowest BCUT2D eigenvalue weighted by Gasteiger charge is -2.31. The molecule has 1 unspecified atom stereocenters. The van der Waals surface area contributed by atoms with Crippen molar-refractivity contribution in [3.05, 3.63) is 82.6 Å². The van der Waals surface area contributed by atoms with Gasteiger partial charge in [-0.1, -0.05) is 23.7 Å². The van der Waals surface area contributed by atoms with Gasteiger partial charge in [0.1, 0.15) is 11.5 Å². The topological polar surface area (TPSA) is 43.7 Å². The highest BCUT2D eigenvalue weighted by Crippen LogP contribution is 2.35. The highest BCUT2D eigenvalue weighted by molar-refractivity contribution is 6.30. The lowest BCUT2D eigenvalue weighted by Crippen LogP contribution is -2.36. The number of aryl methyl sites for hydroxylation is 1. The SMILES string of the molecule is COc1ccc(C(=O)N2CCCn3cccc3C2c2ccc(Cl)cc2)c(OC)c1. The second kappa shape index (κ2) is 8.21. The van der Waals surface area contributed by atoms with Crippen molar-refractivity contribution in [2.24, 2.45) is 0 Å². The fourth-order valence-electron chi connectivity index (χ4n) is 3.92. The van der Waals surface area contributed by atoms with E-state index in [1.165, 1.54) is 0 Å². The maximum absolute atomic E-state index is 13.7. The maximum atomic E-state index is 13.7. The number of carbonyl (C=O) groups is 1. The summed E-state index contributed by atoms with van der Waals surface area (Å²) in [7, 11) is 3.16. The number of benzene rings is 2. The van der Waals surface area contributed by atoms with Crippen LogP contribution in [0.25, 0.3) is 0 Å². The number of ether oxygens (including phenoxy) is 2. The van der Waals surface area contributed by atoms with Gasteiger partial charge >= 0.3 is 0 Å². The van der Waals surface area contributed by atoms with E-state index in [4.69, 9.17) is 21.1 Å². The van der Waals surface area contributed by atoms with Gasteiger partial charge in [0, 0.05) is 36.1 Å². The van der Waals surface area contributed by atoms with Gasteiger partial charge in [-0.25, -0.2) is 0 Å². The van der Waals surface area contributed by atoms with Gasteiger partial charge < -0.3 is 18.9 Å². The molecule has 1 amide bonds. The number of amides is 1. The molecule has 2 heterocycles. The van der Waals surface area contributed by atoms with E-state index in [9.17, 15) is 4.79 Å². The van der Waals surface area contributed by atoms with Crippen LogP contribution in [0.15, 0.2) is 60.8 Å². The molecule has 6 heteroatoms. The van der Waals surface area contributed by atoms with Crippen molar-refractivity contribution in [2.45, 2.75) is 19.0 Å². The lowest BCUT2D eigenvalue weighted by molar-refractivity contribution is 0.0706. The quantitative estimate of drug-likeness (QED) is 0.620. The molecule has 0 aliphatic carbocycles. The van der Waals surface area contributed by atoms with E-state index >= 15 is 0 Å². The van der Waals surface area contributed by atoms with E-state index in [0.717, 1.165) is 24.2 Å². The number of carbonyl (C=O) groups excluding carboxylic acids is 1. The molecular weight excluding hydrogens is 388 g/mol. The molecule has 5 nitrogen and oxygen atoms in total. The molecule has 0 saturated carbocycles. The normalized spacial score (nSPS) is 16.1. The highest BCUT2D eigenvalue weighted by Gasteiger charge is 2.32. The van der Waals surface area contributed by atoms with Crippen molar-refractivity contribution in [3.63, 3.8) is 0 Å². The predicted octanol–water partition coefficient (Wildman–Crippen LogP) is 4.79. The molecular formula is C23H23ClN2O3. The first kappa shape index (κ1) is 19.4. The Bertz CT molecular complexity index is 1010.